The second-order valence-corrected chi connectivity index (χ2v) is 5.27. The van der Waals surface area contributed by atoms with Gasteiger partial charge in [-0.1, -0.05) is 11.3 Å². The van der Waals surface area contributed by atoms with E-state index in [0.29, 0.717) is 5.75 Å². The molecule has 0 aliphatic rings. The van der Waals surface area contributed by atoms with Gasteiger partial charge in [0, 0.05) is 24.9 Å². The van der Waals surface area contributed by atoms with Gasteiger partial charge in [0.1, 0.15) is 0 Å². The predicted molar refractivity (Wildman–Crippen MR) is 78.2 cm³/mol. The smallest absolute Gasteiger partial charge is 0.211 e. The van der Waals surface area contributed by atoms with Gasteiger partial charge in [-0.3, -0.25) is 0 Å². The minimum atomic E-state index is 0.713. The molecule has 0 N–H and O–H groups in total. The van der Waals surface area contributed by atoms with Gasteiger partial charge in [-0.05, 0) is 13.8 Å². The van der Waals surface area contributed by atoms with Crippen LogP contribution >= 0.6 is 11.3 Å². The van der Waals surface area contributed by atoms with E-state index in [0.717, 1.165) is 26.5 Å². The van der Waals surface area contributed by atoms with E-state index in [9.17, 15) is 0 Å². The molecule has 2 aromatic rings. The largest absolute Gasteiger partial charge is 0.493 e. The summed E-state index contributed by atoms with van der Waals surface area (Å²) in [6.45, 7) is 3.84. The standard InChI is InChI=1S/C13H17N3O2S/c1-8(2)14-15-13-16(3)9-6-10(17-4)11(18-5)7-12(9)19-13/h6-7H,1-5H3/b15-13-. The predicted octanol–water partition coefficient (Wildman–Crippen LogP) is 2.55. The SMILES string of the molecule is COc1cc2s/c(=N\N=C(C)C)n(C)c2cc1OC. The molecule has 0 saturated heterocycles. The van der Waals surface area contributed by atoms with E-state index >= 15 is 0 Å². The van der Waals surface area contributed by atoms with Crippen LogP contribution in [0.2, 0.25) is 0 Å². The maximum Gasteiger partial charge on any atom is 0.211 e. The summed E-state index contributed by atoms with van der Waals surface area (Å²) >= 11 is 1.57. The zero-order valence-corrected chi connectivity index (χ0v) is 12.5. The van der Waals surface area contributed by atoms with Crippen LogP contribution in [0.4, 0.5) is 0 Å². The quantitative estimate of drug-likeness (QED) is 0.640. The Hall–Kier alpha value is -1.82. The van der Waals surface area contributed by atoms with Gasteiger partial charge in [0.25, 0.3) is 0 Å². The fourth-order valence-electron chi connectivity index (χ4n) is 1.69. The van der Waals surface area contributed by atoms with Crippen molar-refractivity contribution in [3.8, 4) is 11.5 Å². The molecule has 1 aromatic heterocycles. The van der Waals surface area contributed by atoms with Crippen LogP contribution in [-0.2, 0) is 7.05 Å². The molecule has 2 rings (SSSR count). The Kier molecular flexibility index (Phi) is 3.90. The highest BCUT2D eigenvalue weighted by atomic mass is 32.1. The van der Waals surface area contributed by atoms with Crippen molar-refractivity contribution in [3.63, 3.8) is 0 Å². The zero-order valence-electron chi connectivity index (χ0n) is 11.7. The van der Waals surface area contributed by atoms with Crippen LogP contribution in [0.25, 0.3) is 10.2 Å². The van der Waals surface area contributed by atoms with Crippen LogP contribution in [0.1, 0.15) is 13.8 Å². The first-order valence-electron chi connectivity index (χ1n) is 5.83. The minimum absolute atomic E-state index is 0.713. The molecule has 0 spiro atoms. The summed E-state index contributed by atoms with van der Waals surface area (Å²) in [6, 6.07) is 3.91. The highest BCUT2D eigenvalue weighted by Gasteiger charge is 2.10. The summed E-state index contributed by atoms with van der Waals surface area (Å²) < 4.78 is 13.7. The lowest BCUT2D eigenvalue weighted by molar-refractivity contribution is 0.356. The van der Waals surface area contributed by atoms with E-state index in [-0.39, 0.29) is 0 Å². The average molecular weight is 279 g/mol. The van der Waals surface area contributed by atoms with Crippen molar-refractivity contribution in [2.75, 3.05) is 14.2 Å². The van der Waals surface area contributed by atoms with Crippen molar-refractivity contribution in [3.05, 3.63) is 16.9 Å². The molecule has 0 unspecified atom stereocenters. The molecule has 0 saturated carbocycles. The Morgan fingerprint density at radius 2 is 1.79 bits per heavy atom. The molecule has 0 aliphatic carbocycles. The molecule has 0 aliphatic heterocycles. The molecule has 19 heavy (non-hydrogen) atoms. The van der Waals surface area contributed by atoms with Crippen molar-refractivity contribution in [2.45, 2.75) is 13.8 Å². The fraction of sp³-hybridized carbons (Fsp3) is 0.385. The number of hydrogen-bond donors (Lipinski definition) is 0. The fourth-order valence-corrected chi connectivity index (χ4v) is 2.67. The third-order valence-corrected chi connectivity index (χ3v) is 3.74. The Morgan fingerprint density at radius 1 is 1.16 bits per heavy atom. The van der Waals surface area contributed by atoms with Gasteiger partial charge in [0.15, 0.2) is 11.5 Å². The Labute approximate surface area is 115 Å². The second-order valence-electron chi connectivity index (χ2n) is 4.27. The monoisotopic (exact) mass is 279 g/mol. The highest BCUT2D eigenvalue weighted by molar-refractivity contribution is 7.16. The van der Waals surface area contributed by atoms with E-state index in [1.165, 1.54) is 0 Å². The van der Waals surface area contributed by atoms with Gasteiger partial charge in [0.05, 0.1) is 24.4 Å². The van der Waals surface area contributed by atoms with Crippen LogP contribution in [0.3, 0.4) is 0 Å². The van der Waals surface area contributed by atoms with Gasteiger partial charge < -0.3 is 14.0 Å². The maximum atomic E-state index is 5.31. The third-order valence-electron chi connectivity index (χ3n) is 2.65. The molecular weight excluding hydrogens is 262 g/mol. The number of rotatable bonds is 3. The van der Waals surface area contributed by atoms with Crippen LogP contribution in [0.15, 0.2) is 22.3 Å². The van der Waals surface area contributed by atoms with Crippen LogP contribution in [-0.4, -0.2) is 24.5 Å². The first kappa shape index (κ1) is 13.6. The van der Waals surface area contributed by atoms with E-state index < -0.39 is 0 Å². The molecule has 0 bridgehead atoms. The lowest BCUT2D eigenvalue weighted by Crippen LogP contribution is -2.09. The Morgan fingerprint density at radius 3 is 2.37 bits per heavy atom. The number of aryl methyl sites for hydroxylation is 1. The van der Waals surface area contributed by atoms with E-state index in [1.807, 2.05) is 37.6 Å². The zero-order chi connectivity index (χ0) is 14.0. The lowest BCUT2D eigenvalue weighted by Gasteiger charge is -2.07. The minimum Gasteiger partial charge on any atom is -0.493 e. The number of aromatic nitrogens is 1. The number of hydrogen-bond acceptors (Lipinski definition) is 5. The summed E-state index contributed by atoms with van der Waals surface area (Å²) in [6.07, 6.45) is 0. The molecule has 102 valence electrons. The van der Waals surface area contributed by atoms with Crippen LogP contribution in [0, 0.1) is 0 Å². The van der Waals surface area contributed by atoms with E-state index in [4.69, 9.17) is 9.47 Å². The number of benzene rings is 1. The van der Waals surface area contributed by atoms with E-state index in [2.05, 4.69) is 10.2 Å². The molecular formula is C13H17N3O2S. The van der Waals surface area contributed by atoms with Gasteiger partial charge in [-0.15, -0.1) is 5.10 Å². The van der Waals surface area contributed by atoms with Gasteiger partial charge >= 0.3 is 0 Å². The first-order valence-corrected chi connectivity index (χ1v) is 6.65. The van der Waals surface area contributed by atoms with Crippen molar-refractivity contribution in [1.29, 1.82) is 0 Å². The molecule has 6 heteroatoms. The van der Waals surface area contributed by atoms with Gasteiger partial charge in [0.2, 0.25) is 4.80 Å². The maximum absolute atomic E-state index is 5.31. The summed E-state index contributed by atoms with van der Waals surface area (Å²) in [5, 5.41) is 8.35. The molecule has 1 aromatic carbocycles. The molecule has 0 fully saturated rings. The summed E-state index contributed by atoms with van der Waals surface area (Å²) in [4.78, 5) is 0.839. The normalized spacial score (nSPS) is 11.7. The summed E-state index contributed by atoms with van der Waals surface area (Å²) in [7, 11) is 5.23. The number of nitrogens with zero attached hydrogens (tertiary/aromatic N) is 3. The molecule has 1 heterocycles. The van der Waals surface area contributed by atoms with Crippen LogP contribution < -0.4 is 14.3 Å². The number of ether oxygens (including phenoxy) is 2. The number of methoxy groups -OCH3 is 2. The average Bonchev–Trinajstić information content (AvgIpc) is 2.71. The number of thiazole rings is 1. The van der Waals surface area contributed by atoms with Crippen molar-refractivity contribution < 1.29 is 9.47 Å². The lowest BCUT2D eigenvalue weighted by atomic mass is 10.3. The van der Waals surface area contributed by atoms with Crippen molar-refractivity contribution >= 4 is 27.3 Å². The van der Waals surface area contributed by atoms with Crippen molar-refractivity contribution in [2.24, 2.45) is 17.3 Å². The Balaban J connectivity index is 2.70. The van der Waals surface area contributed by atoms with Gasteiger partial charge in [-0.25, -0.2) is 0 Å². The topological polar surface area (TPSA) is 48.1 Å². The Bertz CT molecular complexity index is 694. The first-order chi connectivity index (χ1) is 9.06. The van der Waals surface area contributed by atoms with Gasteiger partial charge in [-0.2, -0.15) is 5.10 Å². The summed E-state index contributed by atoms with van der Waals surface area (Å²) in [5.74, 6) is 1.43. The molecule has 0 amide bonds. The van der Waals surface area contributed by atoms with E-state index in [1.54, 1.807) is 25.6 Å². The highest BCUT2D eigenvalue weighted by Crippen LogP contribution is 2.32. The van der Waals surface area contributed by atoms with Crippen LogP contribution in [0.5, 0.6) is 11.5 Å². The summed E-state index contributed by atoms with van der Waals surface area (Å²) in [5.41, 5.74) is 1.97. The van der Waals surface area contributed by atoms with Crippen molar-refractivity contribution in [1.82, 2.24) is 4.57 Å². The second kappa shape index (κ2) is 5.44. The molecule has 0 radical (unpaired) electrons. The molecule has 0 atom stereocenters. The molecule has 5 nitrogen and oxygen atoms in total. The number of fused-ring (bicyclic) bond motifs is 1. The third kappa shape index (κ3) is 2.63.